The molecule has 0 spiro atoms. The number of halogens is 1. The monoisotopic (exact) mass is 202 g/mol. The van der Waals surface area contributed by atoms with Crippen molar-refractivity contribution in [1.82, 2.24) is 0 Å². The molecular weight excluding hydrogens is 190 g/mol. The lowest BCUT2D eigenvalue weighted by Gasteiger charge is -2.14. The highest BCUT2D eigenvalue weighted by molar-refractivity contribution is 7.48. The van der Waals surface area contributed by atoms with Gasteiger partial charge in [0, 0.05) is 14.2 Å². The Balaban J connectivity index is 3.81. The van der Waals surface area contributed by atoms with E-state index in [1.165, 1.54) is 0 Å². The van der Waals surface area contributed by atoms with Crippen molar-refractivity contribution in [3.63, 3.8) is 0 Å². The molecule has 0 aromatic heterocycles. The minimum Gasteiger partial charge on any atom is -0.388 e. The average molecular weight is 202 g/mol. The third-order valence-electron chi connectivity index (χ3n) is 1.05. The molecule has 12 heavy (non-hydrogen) atoms. The van der Waals surface area contributed by atoms with Gasteiger partial charge in [-0.05, 0) is 0 Å². The summed E-state index contributed by atoms with van der Waals surface area (Å²) in [6, 6.07) is 0. The van der Waals surface area contributed by atoms with Gasteiger partial charge in [-0.3, -0.25) is 13.6 Å². The van der Waals surface area contributed by atoms with Crippen LogP contribution in [-0.4, -0.2) is 38.7 Å². The van der Waals surface area contributed by atoms with Crippen molar-refractivity contribution in [2.45, 2.75) is 6.10 Å². The summed E-state index contributed by atoms with van der Waals surface area (Å²) in [7, 11) is -1.31. The molecule has 0 heterocycles. The third-order valence-corrected chi connectivity index (χ3v) is 2.41. The normalized spacial score (nSPS) is 14.7. The van der Waals surface area contributed by atoms with E-state index < -0.39 is 27.2 Å². The van der Waals surface area contributed by atoms with Gasteiger partial charge in [-0.25, -0.2) is 8.96 Å². The fourth-order valence-corrected chi connectivity index (χ4v) is 1.12. The van der Waals surface area contributed by atoms with Crippen molar-refractivity contribution in [1.29, 1.82) is 0 Å². The van der Waals surface area contributed by atoms with Gasteiger partial charge in [-0.2, -0.15) is 0 Å². The van der Waals surface area contributed by atoms with Crippen LogP contribution in [0.2, 0.25) is 0 Å². The van der Waals surface area contributed by atoms with Gasteiger partial charge in [-0.15, -0.1) is 0 Å². The largest absolute Gasteiger partial charge is 0.474 e. The Morgan fingerprint density at radius 2 is 2.00 bits per heavy atom. The Morgan fingerprint density at radius 1 is 1.50 bits per heavy atom. The number of alkyl halides is 1. The molecule has 0 saturated heterocycles. The molecule has 0 amide bonds. The lowest BCUT2D eigenvalue weighted by atomic mass is 10.4. The number of aliphatic hydroxyl groups is 1. The first-order valence-corrected chi connectivity index (χ1v) is 4.64. The molecule has 1 atom stereocenters. The van der Waals surface area contributed by atoms with Crippen molar-refractivity contribution < 1.29 is 27.6 Å². The van der Waals surface area contributed by atoms with Gasteiger partial charge in [-0.1, -0.05) is 0 Å². The molecule has 1 N–H and O–H groups in total. The number of phosphoric ester groups is 1. The highest BCUT2D eigenvalue weighted by Crippen LogP contribution is 2.47. The summed E-state index contributed by atoms with van der Waals surface area (Å²) in [5.41, 5.74) is 0. The highest BCUT2D eigenvalue weighted by Gasteiger charge is 2.23. The predicted molar refractivity (Wildman–Crippen MR) is 39.6 cm³/mol. The smallest absolute Gasteiger partial charge is 0.388 e. The number of hydrogen-bond donors (Lipinski definition) is 1. The third kappa shape index (κ3) is 4.13. The van der Waals surface area contributed by atoms with Crippen molar-refractivity contribution in [2.24, 2.45) is 0 Å². The molecule has 0 aliphatic rings. The Morgan fingerprint density at radius 3 is 2.33 bits per heavy atom. The van der Waals surface area contributed by atoms with Gasteiger partial charge in [0.1, 0.15) is 12.8 Å². The van der Waals surface area contributed by atoms with E-state index in [0.29, 0.717) is 0 Å². The Hall–Kier alpha value is -0.0000000000000000278. The highest BCUT2D eigenvalue weighted by atomic mass is 31.2. The molecule has 0 saturated carbocycles. The summed E-state index contributed by atoms with van der Waals surface area (Å²) in [6.07, 6.45) is -1.30. The maximum Gasteiger partial charge on any atom is 0.474 e. The SMILES string of the molecule is COP(=O)(OC)OC[C@H](O)CF. The maximum absolute atomic E-state index is 11.7. The molecule has 5 nitrogen and oxygen atoms in total. The van der Waals surface area contributed by atoms with Crippen LogP contribution in [0.5, 0.6) is 0 Å². The predicted octanol–water partition coefficient (Wildman–Crippen LogP) is 0.734. The van der Waals surface area contributed by atoms with Crippen molar-refractivity contribution in [3.8, 4) is 0 Å². The first kappa shape index (κ1) is 12.0. The summed E-state index contributed by atoms with van der Waals surface area (Å²) >= 11 is 0. The van der Waals surface area contributed by atoms with Crippen LogP contribution >= 0.6 is 7.82 Å². The zero-order valence-electron chi connectivity index (χ0n) is 6.90. The van der Waals surface area contributed by atoms with Crippen molar-refractivity contribution in [2.75, 3.05) is 27.5 Å². The molecule has 0 rings (SSSR count). The van der Waals surface area contributed by atoms with Crippen LogP contribution in [0.1, 0.15) is 0 Å². The second-order valence-electron chi connectivity index (χ2n) is 1.92. The molecule has 74 valence electrons. The van der Waals surface area contributed by atoms with Gasteiger partial charge >= 0.3 is 7.82 Å². The zero-order chi connectivity index (χ0) is 9.61. The number of aliphatic hydroxyl groups excluding tert-OH is 1. The van der Waals surface area contributed by atoms with Crippen molar-refractivity contribution >= 4 is 7.82 Å². The quantitative estimate of drug-likeness (QED) is 0.643. The lowest BCUT2D eigenvalue weighted by molar-refractivity contribution is 0.0584. The second-order valence-corrected chi connectivity index (χ2v) is 3.80. The maximum atomic E-state index is 11.7. The fraction of sp³-hybridized carbons (Fsp3) is 1.00. The molecule has 0 aromatic rings. The van der Waals surface area contributed by atoms with Gasteiger partial charge in [0.05, 0.1) is 6.61 Å². The first-order valence-electron chi connectivity index (χ1n) is 3.18. The molecule has 0 aliphatic heterocycles. The molecule has 0 radical (unpaired) electrons. The van der Waals surface area contributed by atoms with E-state index in [1.54, 1.807) is 0 Å². The first-order chi connectivity index (χ1) is 5.58. The van der Waals surface area contributed by atoms with E-state index in [2.05, 4.69) is 13.6 Å². The lowest BCUT2D eigenvalue weighted by Crippen LogP contribution is -2.16. The molecule has 0 bridgehead atoms. The Bertz CT molecular complexity index is 156. The van der Waals surface area contributed by atoms with Crippen LogP contribution in [0.25, 0.3) is 0 Å². The van der Waals surface area contributed by atoms with Crippen LogP contribution < -0.4 is 0 Å². The number of phosphoric acid groups is 1. The summed E-state index contributed by atoms with van der Waals surface area (Å²) in [5, 5.41) is 8.68. The minimum absolute atomic E-state index is 0.421. The molecule has 0 aliphatic carbocycles. The molecular formula is C5H12FO5P. The van der Waals surface area contributed by atoms with Crippen molar-refractivity contribution in [3.05, 3.63) is 0 Å². The summed E-state index contributed by atoms with van der Waals surface area (Å²) in [6.45, 7) is -1.39. The number of rotatable bonds is 6. The van der Waals surface area contributed by atoms with Crippen LogP contribution in [0.15, 0.2) is 0 Å². The molecule has 0 unspecified atom stereocenters. The van der Waals surface area contributed by atoms with Crippen LogP contribution in [-0.2, 0) is 18.1 Å². The van der Waals surface area contributed by atoms with Crippen LogP contribution in [0.4, 0.5) is 4.39 Å². The van der Waals surface area contributed by atoms with Crippen LogP contribution in [0.3, 0.4) is 0 Å². The van der Waals surface area contributed by atoms with Gasteiger partial charge < -0.3 is 5.11 Å². The second kappa shape index (κ2) is 5.61. The van der Waals surface area contributed by atoms with Gasteiger partial charge in [0.2, 0.25) is 0 Å². The van der Waals surface area contributed by atoms with E-state index in [0.717, 1.165) is 14.2 Å². The standard InChI is InChI=1S/C5H12FO5P/c1-9-12(8,10-2)11-4-5(7)3-6/h5,7H,3-4H2,1-2H3/t5-/m1/s1. The topological polar surface area (TPSA) is 65.0 Å². The van der Waals surface area contributed by atoms with Gasteiger partial charge in [0.25, 0.3) is 0 Å². The van der Waals surface area contributed by atoms with E-state index >= 15 is 0 Å². The minimum atomic E-state index is -3.57. The fourth-order valence-electron chi connectivity index (χ4n) is 0.402. The van der Waals surface area contributed by atoms with E-state index in [9.17, 15) is 8.96 Å². The van der Waals surface area contributed by atoms with Crippen LogP contribution in [0, 0.1) is 0 Å². The number of hydrogen-bond acceptors (Lipinski definition) is 5. The van der Waals surface area contributed by atoms with Gasteiger partial charge in [0.15, 0.2) is 0 Å². The van der Waals surface area contributed by atoms with E-state index in [-0.39, 0.29) is 0 Å². The molecule has 0 aromatic carbocycles. The molecule has 7 heteroatoms. The summed E-state index contributed by atoms with van der Waals surface area (Å²) < 4.78 is 36.0. The Kier molecular flexibility index (Phi) is 5.61. The van der Waals surface area contributed by atoms with E-state index in [1.807, 2.05) is 0 Å². The molecule has 0 fully saturated rings. The van der Waals surface area contributed by atoms with E-state index in [4.69, 9.17) is 5.11 Å². The summed E-state index contributed by atoms with van der Waals surface area (Å²) in [4.78, 5) is 0. The Labute approximate surface area is 70.0 Å². The average Bonchev–Trinajstić information content (AvgIpc) is 2.13. The zero-order valence-corrected chi connectivity index (χ0v) is 7.79. The summed E-state index contributed by atoms with van der Waals surface area (Å²) in [5.74, 6) is 0.